The van der Waals surface area contributed by atoms with Gasteiger partial charge in [-0.15, -0.1) is 0 Å². The number of anilines is 1. The third kappa shape index (κ3) is 3.62. The molecule has 18 heavy (non-hydrogen) atoms. The smallest absolute Gasteiger partial charge is 0.214 e. The molecule has 1 aromatic rings. The van der Waals surface area contributed by atoms with Crippen LogP contribution >= 0.6 is 0 Å². The molecule has 0 radical (unpaired) electrons. The standard InChI is InChI=1S/C15H24N2O/c1-3-5-12-8-10-13(11-9-12)16-14-6-4-7-15(17-14)18-2/h4,6-7,12-13H,3,5,8-11H2,1-2H3,(H,16,17). The molecule has 1 saturated carbocycles. The van der Waals surface area contributed by atoms with Gasteiger partial charge in [0.25, 0.3) is 0 Å². The second-order valence-corrected chi connectivity index (χ2v) is 5.22. The summed E-state index contributed by atoms with van der Waals surface area (Å²) in [5, 5.41) is 3.53. The average molecular weight is 248 g/mol. The lowest BCUT2D eigenvalue weighted by molar-refractivity contribution is 0.318. The first kappa shape index (κ1) is 13.2. The second kappa shape index (κ2) is 6.62. The van der Waals surface area contributed by atoms with Crippen molar-refractivity contribution in [3.63, 3.8) is 0 Å². The first-order chi connectivity index (χ1) is 8.81. The van der Waals surface area contributed by atoms with Crippen LogP contribution in [0.15, 0.2) is 18.2 Å². The van der Waals surface area contributed by atoms with Crippen LogP contribution in [0.25, 0.3) is 0 Å². The summed E-state index contributed by atoms with van der Waals surface area (Å²) in [6.07, 6.45) is 7.96. The Hall–Kier alpha value is -1.25. The van der Waals surface area contributed by atoms with Crippen LogP contribution in [0.4, 0.5) is 5.82 Å². The molecular formula is C15H24N2O. The van der Waals surface area contributed by atoms with Crippen molar-refractivity contribution in [1.29, 1.82) is 0 Å². The molecule has 1 N–H and O–H groups in total. The molecule has 100 valence electrons. The number of nitrogens with one attached hydrogen (secondary N) is 1. The van der Waals surface area contributed by atoms with Gasteiger partial charge in [-0.05, 0) is 37.7 Å². The maximum absolute atomic E-state index is 5.14. The van der Waals surface area contributed by atoms with Crippen molar-refractivity contribution in [3.8, 4) is 5.88 Å². The summed E-state index contributed by atoms with van der Waals surface area (Å²) in [7, 11) is 1.65. The number of nitrogens with zero attached hydrogens (tertiary/aromatic N) is 1. The Bertz CT molecular complexity index is 359. The summed E-state index contributed by atoms with van der Waals surface area (Å²) >= 11 is 0. The summed E-state index contributed by atoms with van der Waals surface area (Å²) in [5.41, 5.74) is 0. The molecule has 0 unspecified atom stereocenters. The van der Waals surface area contributed by atoms with Crippen molar-refractivity contribution in [2.24, 2.45) is 5.92 Å². The lowest BCUT2D eigenvalue weighted by Crippen LogP contribution is -2.26. The molecule has 1 aliphatic carbocycles. The van der Waals surface area contributed by atoms with E-state index >= 15 is 0 Å². The van der Waals surface area contributed by atoms with Crippen molar-refractivity contribution in [2.45, 2.75) is 51.5 Å². The predicted octanol–water partition coefficient (Wildman–Crippen LogP) is 3.86. The lowest BCUT2D eigenvalue weighted by Gasteiger charge is -2.29. The number of hydrogen-bond acceptors (Lipinski definition) is 3. The molecule has 1 heterocycles. The summed E-state index contributed by atoms with van der Waals surface area (Å²) in [5.74, 6) is 2.57. The Labute approximate surface area is 110 Å². The van der Waals surface area contributed by atoms with E-state index in [0.717, 1.165) is 11.7 Å². The minimum Gasteiger partial charge on any atom is -0.481 e. The summed E-state index contributed by atoms with van der Waals surface area (Å²) in [6, 6.07) is 6.46. The highest BCUT2D eigenvalue weighted by atomic mass is 16.5. The van der Waals surface area contributed by atoms with Gasteiger partial charge in [0.15, 0.2) is 0 Å². The fourth-order valence-electron chi connectivity index (χ4n) is 2.82. The van der Waals surface area contributed by atoms with Gasteiger partial charge in [-0.25, -0.2) is 0 Å². The molecule has 3 nitrogen and oxygen atoms in total. The maximum atomic E-state index is 5.14. The van der Waals surface area contributed by atoms with Crippen LogP contribution in [0.2, 0.25) is 0 Å². The molecular weight excluding hydrogens is 224 g/mol. The van der Waals surface area contributed by atoms with Crippen molar-refractivity contribution in [3.05, 3.63) is 18.2 Å². The van der Waals surface area contributed by atoms with Crippen LogP contribution in [0, 0.1) is 5.92 Å². The topological polar surface area (TPSA) is 34.1 Å². The van der Waals surface area contributed by atoms with Crippen LogP contribution in [-0.4, -0.2) is 18.1 Å². The molecule has 0 amide bonds. The number of methoxy groups -OCH3 is 1. The molecule has 1 aliphatic rings. The Morgan fingerprint density at radius 2 is 2.06 bits per heavy atom. The van der Waals surface area contributed by atoms with E-state index in [4.69, 9.17) is 4.74 Å². The van der Waals surface area contributed by atoms with Crippen LogP contribution in [-0.2, 0) is 0 Å². The van der Waals surface area contributed by atoms with Crippen molar-refractivity contribution < 1.29 is 4.74 Å². The summed E-state index contributed by atoms with van der Waals surface area (Å²) < 4.78 is 5.14. The summed E-state index contributed by atoms with van der Waals surface area (Å²) in [4.78, 5) is 4.41. The Morgan fingerprint density at radius 3 is 2.72 bits per heavy atom. The molecule has 1 fully saturated rings. The van der Waals surface area contributed by atoms with Gasteiger partial charge in [0.05, 0.1) is 7.11 Å². The fourth-order valence-corrected chi connectivity index (χ4v) is 2.82. The minimum atomic E-state index is 0.581. The molecule has 0 aromatic carbocycles. The number of pyridine rings is 1. The van der Waals surface area contributed by atoms with E-state index in [9.17, 15) is 0 Å². The second-order valence-electron chi connectivity index (χ2n) is 5.22. The van der Waals surface area contributed by atoms with Gasteiger partial charge >= 0.3 is 0 Å². The highest BCUT2D eigenvalue weighted by molar-refractivity contribution is 5.38. The average Bonchev–Trinajstić information content (AvgIpc) is 2.42. The van der Waals surface area contributed by atoms with Gasteiger partial charge in [0.1, 0.15) is 5.82 Å². The molecule has 0 saturated heterocycles. The predicted molar refractivity (Wildman–Crippen MR) is 75.1 cm³/mol. The quantitative estimate of drug-likeness (QED) is 0.859. The molecule has 0 atom stereocenters. The normalized spacial score (nSPS) is 23.7. The van der Waals surface area contributed by atoms with E-state index in [-0.39, 0.29) is 0 Å². The zero-order valence-electron chi connectivity index (χ0n) is 11.5. The number of ether oxygens (including phenoxy) is 1. The Kier molecular flexibility index (Phi) is 4.85. The van der Waals surface area contributed by atoms with E-state index in [1.54, 1.807) is 7.11 Å². The molecule has 1 aromatic heterocycles. The zero-order chi connectivity index (χ0) is 12.8. The fraction of sp³-hybridized carbons (Fsp3) is 0.667. The molecule has 3 heteroatoms. The van der Waals surface area contributed by atoms with Crippen molar-refractivity contribution >= 4 is 5.82 Å². The first-order valence-electron chi connectivity index (χ1n) is 7.09. The van der Waals surface area contributed by atoms with Gasteiger partial charge in [-0.2, -0.15) is 4.98 Å². The van der Waals surface area contributed by atoms with E-state index < -0.39 is 0 Å². The largest absolute Gasteiger partial charge is 0.481 e. The zero-order valence-corrected chi connectivity index (χ0v) is 11.5. The van der Waals surface area contributed by atoms with E-state index in [0.29, 0.717) is 11.9 Å². The number of aromatic nitrogens is 1. The van der Waals surface area contributed by atoms with Crippen molar-refractivity contribution in [2.75, 3.05) is 12.4 Å². The van der Waals surface area contributed by atoms with E-state index in [1.807, 2.05) is 18.2 Å². The van der Waals surface area contributed by atoms with E-state index in [2.05, 4.69) is 17.2 Å². The van der Waals surface area contributed by atoms with Crippen molar-refractivity contribution in [1.82, 2.24) is 4.98 Å². The number of rotatable bonds is 5. The Morgan fingerprint density at radius 1 is 1.28 bits per heavy atom. The third-order valence-corrected chi connectivity index (χ3v) is 3.83. The minimum absolute atomic E-state index is 0.581. The lowest BCUT2D eigenvalue weighted by atomic mass is 9.83. The SMILES string of the molecule is CCCC1CCC(Nc2cccc(OC)n2)CC1. The first-order valence-corrected chi connectivity index (χ1v) is 7.09. The highest BCUT2D eigenvalue weighted by Gasteiger charge is 2.20. The maximum Gasteiger partial charge on any atom is 0.214 e. The van der Waals surface area contributed by atoms with Gasteiger partial charge < -0.3 is 10.1 Å². The molecule has 0 spiro atoms. The van der Waals surface area contributed by atoms with Gasteiger partial charge in [-0.3, -0.25) is 0 Å². The molecule has 2 rings (SSSR count). The monoisotopic (exact) mass is 248 g/mol. The Balaban J connectivity index is 1.83. The highest BCUT2D eigenvalue weighted by Crippen LogP contribution is 2.29. The van der Waals surface area contributed by atoms with Crippen LogP contribution in [0.1, 0.15) is 45.4 Å². The van der Waals surface area contributed by atoms with Crippen LogP contribution in [0.3, 0.4) is 0 Å². The van der Waals surface area contributed by atoms with Crippen LogP contribution < -0.4 is 10.1 Å². The molecule has 0 bridgehead atoms. The van der Waals surface area contributed by atoms with Gasteiger partial charge in [0.2, 0.25) is 5.88 Å². The van der Waals surface area contributed by atoms with Gasteiger partial charge in [0, 0.05) is 12.1 Å². The van der Waals surface area contributed by atoms with E-state index in [1.165, 1.54) is 38.5 Å². The molecule has 0 aliphatic heterocycles. The number of hydrogen-bond donors (Lipinski definition) is 1. The van der Waals surface area contributed by atoms with Gasteiger partial charge in [-0.1, -0.05) is 25.8 Å². The van der Waals surface area contributed by atoms with Crippen LogP contribution in [0.5, 0.6) is 5.88 Å². The summed E-state index contributed by atoms with van der Waals surface area (Å²) in [6.45, 7) is 2.28. The third-order valence-electron chi connectivity index (χ3n) is 3.83.